The maximum absolute atomic E-state index is 11.4. The topological polar surface area (TPSA) is 98.5 Å². The molecule has 0 bridgehead atoms. The molecule has 0 saturated carbocycles. The van der Waals surface area contributed by atoms with E-state index in [0.717, 1.165) is 0 Å². The van der Waals surface area contributed by atoms with Gasteiger partial charge in [0.2, 0.25) is 11.8 Å². The van der Waals surface area contributed by atoms with Crippen molar-refractivity contribution in [2.24, 2.45) is 0 Å². The maximum Gasteiger partial charge on any atom is 0.239 e. The van der Waals surface area contributed by atoms with E-state index in [9.17, 15) is 4.79 Å². The number of ether oxygens (including phenoxy) is 2. The van der Waals surface area contributed by atoms with Crippen molar-refractivity contribution in [1.29, 1.82) is 0 Å². The molecule has 0 spiro atoms. The minimum Gasteiger partial charge on any atom is -0.479 e. The fourth-order valence-electron chi connectivity index (χ4n) is 1.24. The highest BCUT2D eigenvalue weighted by atomic mass is 16.5. The Kier molecular flexibility index (Phi) is 5.72. The fourth-order valence-corrected chi connectivity index (χ4v) is 1.24. The average molecular weight is 254 g/mol. The zero-order valence-corrected chi connectivity index (χ0v) is 10.5. The lowest BCUT2D eigenvalue weighted by Gasteiger charge is -2.09. The Balaban J connectivity index is 2.41. The van der Waals surface area contributed by atoms with Crippen LogP contribution in [0, 0.1) is 0 Å². The number of hydrogen-bond donors (Lipinski definition) is 3. The molecule has 0 aliphatic carbocycles. The number of anilines is 2. The second-order valence-electron chi connectivity index (χ2n) is 3.49. The first-order valence-corrected chi connectivity index (χ1v) is 5.47. The Hall–Kier alpha value is -2.02. The number of pyridine rings is 1. The van der Waals surface area contributed by atoms with Crippen LogP contribution < -0.4 is 21.1 Å². The van der Waals surface area contributed by atoms with Crippen LogP contribution in [0.25, 0.3) is 0 Å². The monoisotopic (exact) mass is 254 g/mol. The molecule has 0 aliphatic rings. The van der Waals surface area contributed by atoms with Gasteiger partial charge in [-0.25, -0.2) is 0 Å². The van der Waals surface area contributed by atoms with Crippen molar-refractivity contribution in [3.63, 3.8) is 0 Å². The van der Waals surface area contributed by atoms with Gasteiger partial charge in [0.25, 0.3) is 0 Å². The number of nitrogen functional groups attached to an aromatic ring is 1. The summed E-state index contributed by atoms with van der Waals surface area (Å²) in [6.45, 7) is 1.10. The second-order valence-corrected chi connectivity index (χ2v) is 3.49. The average Bonchev–Trinajstić information content (AvgIpc) is 2.38. The summed E-state index contributed by atoms with van der Waals surface area (Å²) in [6.07, 6.45) is 0. The zero-order chi connectivity index (χ0) is 13.4. The van der Waals surface area contributed by atoms with Gasteiger partial charge in [-0.15, -0.1) is 0 Å². The van der Waals surface area contributed by atoms with E-state index in [1.807, 2.05) is 0 Å². The van der Waals surface area contributed by atoms with Gasteiger partial charge in [0.15, 0.2) is 0 Å². The summed E-state index contributed by atoms with van der Waals surface area (Å²) in [5.74, 6) is 0.729. The standard InChI is InChI=1S/C11H18N4O3/c1-17-6-5-13-10(16)7-14-9-4-3-8(12)11(15-9)18-2/h3-4H,5-7,12H2,1-2H3,(H,13,16)(H,14,15). The van der Waals surface area contributed by atoms with E-state index >= 15 is 0 Å². The molecule has 0 unspecified atom stereocenters. The Bertz CT molecular complexity index is 398. The summed E-state index contributed by atoms with van der Waals surface area (Å²) in [6, 6.07) is 3.34. The van der Waals surface area contributed by atoms with Crippen LogP contribution in [0.15, 0.2) is 12.1 Å². The predicted octanol–water partition coefficient (Wildman–Crippen LogP) is -0.153. The molecule has 0 aromatic carbocycles. The first-order valence-electron chi connectivity index (χ1n) is 5.47. The Morgan fingerprint density at radius 3 is 2.89 bits per heavy atom. The van der Waals surface area contributed by atoms with Gasteiger partial charge in [-0.1, -0.05) is 0 Å². The molecule has 0 saturated heterocycles. The molecule has 1 aromatic heterocycles. The first kappa shape index (κ1) is 14.0. The molecular weight excluding hydrogens is 236 g/mol. The van der Waals surface area contributed by atoms with Gasteiger partial charge in [0.05, 0.1) is 25.9 Å². The van der Waals surface area contributed by atoms with E-state index in [1.165, 1.54) is 7.11 Å². The van der Waals surface area contributed by atoms with E-state index in [4.69, 9.17) is 15.2 Å². The Morgan fingerprint density at radius 1 is 1.44 bits per heavy atom. The lowest BCUT2D eigenvalue weighted by Crippen LogP contribution is -2.32. The molecule has 0 aliphatic heterocycles. The highest BCUT2D eigenvalue weighted by molar-refractivity contribution is 5.80. The molecule has 0 fully saturated rings. The largest absolute Gasteiger partial charge is 0.479 e. The van der Waals surface area contributed by atoms with Crippen molar-refractivity contribution in [2.45, 2.75) is 0 Å². The second kappa shape index (κ2) is 7.33. The number of carbonyl (C=O) groups is 1. The molecule has 1 heterocycles. The molecular formula is C11H18N4O3. The van der Waals surface area contributed by atoms with Crippen LogP contribution in [-0.4, -0.2) is 44.8 Å². The number of nitrogens with two attached hydrogens (primary N) is 1. The number of carbonyl (C=O) groups excluding carboxylic acids is 1. The fraction of sp³-hybridized carbons (Fsp3) is 0.455. The quantitative estimate of drug-likeness (QED) is 0.585. The summed E-state index contributed by atoms with van der Waals surface area (Å²) in [5.41, 5.74) is 6.08. The molecule has 4 N–H and O–H groups in total. The van der Waals surface area contributed by atoms with Crippen LogP contribution in [0.1, 0.15) is 0 Å². The number of amides is 1. The van der Waals surface area contributed by atoms with E-state index in [-0.39, 0.29) is 12.5 Å². The SMILES string of the molecule is COCCNC(=O)CNc1ccc(N)c(OC)n1. The first-order chi connectivity index (χ1) is 8.67. The van der Waals surface area contributed by atoms with Gasteiger partial charge in [-0.3, -0.25) is 4.79 Å². The van der Waals surface area contributed by atoms with Crippen molar-refractivity contribution in [1.82, 2.24) is 10.3 Å². The van der Waals surface area contributed by atoms with E-state index < -0.39 is 0 Å². The number of nitrogens with one attached hydrogen (secondary N) is 2. The van der Waals surface area contributed by atoms with Gasteiger partial charge in [0, 0.05) is 13.7 Å². The number of rotatable bonds is 7. The van der Waals surface area contributed by atoms with Gasteiger partial charge >= 0.3 is 0 Å². The van der Waals surface area contributed by atoms with E-state index in [1.54, 1.807) is 19.2 Å². The third kappa shape index (κ3) is 4.46. The molecule has 1 rings (SSSR count). The normalized spacial score (nSPS) is 9.89. The summed E-state index contributed by atoms with van der Waals surface area (Å²) in [4.78, 5) is 15.5. The van der Waals surface area contributed by atoms with Gasteiger partial charge < -0.3 is 25.8 Å². The predicted molar refractivity (Wildman–Crippen MR) is 68.6 cm³/mol. The Morgan fingerprint density at radius 2 is 2.22 bits per heavy atom. The number of nitrogens with zero attached hydrogens (tertiary/aromatic N) is 1. The molecule has 0 radical (unpaired) electrons. The Labute approximate surface area is 106 Å². The minimum absolute atomic E-state index is 0.129. The van der Waals surface area contributed by atoms with Crippen molar-refractivity contribution >= 4 is 17.4 Å². The summed E-state index contributed by atoms with van der Waals surface area (Å²) < 4.78 is 9.80. The van der Waals surface area contributed by atoms with Crippen LogP contribution in [0.4, 0.5) is 11.5 Å². The molecule has 1 amide bonds. The van der Waals surface area contributed by atoms with Crippen LogP contribution in [-0.2, 0) is 9.53 Å². The summed E-state index contributed by atoms with van der Waals surface area (Å²) in [5, 5.41) is 5.56. The van der Waals surface area contributed by atoms with Gasteiger partial charge in [0.1, 0.15) is 5.82 Å². The highest BCUT2D eigenvalue weighted by Gasteiger charge is 2.04. The number of methoxy groups -OCH3 is 2. The molecule has 1 aromatic rings. The van der Waals surface area contributed by atoms with Crippen molar-refractivity contribution < 1.29 is 14.3 Å². The molecule has 18 heavy (non-hydrogen) atoms. The molecule has 0 atom stereocenters. The van der Waals surface area contributed by atoms with Crippen molar-refractivity contribution in [2.75, 3.05) is 45.0 Å². The summed E-state index contributed by atoms with van der Waals surface area (Å²) in [7, 11) is 3.06. The van der Waals surface area contributed by atoms with Crippen LogP contribution in [0.2, 0.25) is 0 Å². The number of hydrogen-bond acceptors (Lipinski definition) is 6. The number of aromatic nitrogens is 1. The highest BCUT2D eigenvalue weighted by Crippen LogP contribution is 2.19. The van der Waals surface area contributed by atoms with Gasteiger partial charge in [-0.05, 0) is 12.1 Å². The van der Waals surface area contributed by atoms with E-state index in [0.29, 0.717) is 30.5 Å². The smallest absolute Gasteiger partial charge is 0.239 e. The van der Waals surface area contributed by atoms with Crippen LogP contribution in [0.5, 0.6) is 5.88 Å². The zero-order valence-electron chi connectivity index (χ0n) is 10.5. The third-order valence-electron chi connectivity index (χ3n) is 2.14. The van der Waals surface area contributed by atoms with E-state index in [2.05, 4.69) is 15.6 Å². The third-order valence-corrected chi connectivity index (χ3v) is 2.14. The lowest BCUT2D eigenvalue weighted by atomic mass is 10.4. The van der Waals surface area contributed by atoms with Gasteiger partial charge in [-0.2, -0.15) is 4.98 Å². The lowest BCUT2D eigenvalue weighted by molar-refractivity contribution is -0.119. The summed E-state index contributed by atoms with van der Waals surface area (Å²) >= 11 is 0. The molecule has 7 nitrogen and oxygen atoms in total. The van der Waals surface area contributed by atoms with Crippen molar-refractivity contribution in [3.8, 4) is 5.88 Å². The molecule has 100 valence electrons. The van der Waals surface area contributed by atoms with Crippen LogP contribution >= 0.6 is 0 Å². The molecule has 7 heteroatoms. The maximum atomic E-state index is 11.4. The van der Waals surface area contributed by atoms with Crippen molar-refractivity contribution in [3.05, 3.63) is 12.1 Å². The van der Waals surface area contributed by atoms with Crippen LogP contribution in [0.3, 0.4) is 0 Å². The minimum atomic E-state index is -0.135.